The van der Waals surface area contributed by atoms with E-state index in [0.717, 1.165) is 44.3 Å². The molecule has 4 rings (SSSR count). The summed E-state index contributed by atoms with van der Waals surface area (Å²) in [5, 5.41) is 13.9. The topological polar surface area (TPSA) is 88.0 Å². The average molecular weight is 431 g/mol. The molecule has 8 heteroatoms. The van der Waals surface area contributed by atoms with Gasteiger partial charge in [-0.2, -0.15) is 0 Å². The standard InChI is InChI=1S/C23H34N4O4/c1-23(2,3)31-22(28)24-21-19-14-25(15-20(19)21)11-8-16-9-12-26(13-10-16)17-4-6-18(7-5-17)27(29)30/h4-7,16,19-21H,8-15H2,1-3H3,(H,24,28). The number of carbonyl (C=O) groups excluding carboxylic acids is 1. The highest BCUT2D eigenvalue weighted by Gasteiger charge is 2.56. The van der Waals surface area contributed by atoms with E-state index in [1.54, 1.807) is 12.1 Å². The van der Waals surface area contributed by atoms with Gasteiger partial charge in [0, 0.05) is 50.0 Å². The van der Waals surface area contributed by atoms with Crippen molar-refractivity contribution in [3.05, 3.63) is 34.4 Å². The maximum Gasteiger partial charge on any atom is 0.407 e. The number of nitro groups is 1. The molecule has 2 saturated heterocycles. The smallest absolute Gasteiger partial charge is 0.407 e. The Morgan fingerprint density at radius 3 is 2.32 bits per heavy atom. The fraction of sp³-hybridized carbons (Fsp3) is 0.696. The zero-order valence-corrected chi connectivity index (χ0v) is 18.8. The lowest BCUT2D eigenvalue weighted by molar-refractivity contribution is -0.384. The van der Waals surface area contributed by atoms with E-state index in [9.17, 15) is 14.9 Å². The number of benzene rings is 1. The number of alkyl carbamates (subject to hydrolysis) is 1. The fourth-order valence-electron chi connectivity index (χ4n) is 5.08. The molecule has 1 N–H and O–H groups in total. The monoisotopic (exact) mass is 430 g/mol. The Kier molecular flexibility index (Phi) is 6.10. The Morgan fingerprint density at radius 1 is 1.16 bits per heavy atom. The molecule has 2 atom stereocenters. The van der Waals surface area contributed by atoms with Gasteiger partial charge in [0.15, 0.2) is 0 Å². The van der Waals surface area contributed by atoms with Gasteiger partial charge in [-0.15, -0.1) is 0 Å². The highest BCUT2D eigenvalue weighted by Crippen LogP contribution is 2.45. The summed E-state index contributed by atoms with van der Waals surface area (Å²) in [4.78, 5) is 27.3. The van der Waals surface area contributed by atoms with Crippen LogP contribution in [0.2, 0.25) is 0 Å². The van der Waals surface area contributed by atoms with Crippen molar-refractivity contribution in [3.8, 4) is 0 Å². The molecule has 0 aromatic heterocycles. The van der Waals surface area contributed by atoms with Crippen LogP contribution in [0.3, 0.4) is 0 Å². The molecule has 3 aliphatic rings. The van der Waals surface area contributed by atoms with Crippen LogP contribution in [0.15, 0.2) is 24.3 Å². The van der Waals surface area contributed by atoms with E-state index < -0.39 is 5.60 Å². The summed E-state index contributed by atoms with van der Waals surface area (Å²) in [7, 11) is 0. The van der Waals surface area contributed by atoms with Crippen LogP contribution in [-0.4, -0.2) is 60.3 Å². The Morgan fingerprint density at radius 2 is 1.77 bits per heavy atom. The fourth-order valence-corrected chi connectivity index (χ4v) is 5.08. The van der Waals surface area contributed by atoms with Crippen LogP contribution >= 0.6 is 0 Å². The molecule has 1 aromatic carbocycles. The molecule has 1 saturated carbocycles. The number of hydrogen-bond acceptors (Lipinski definition) is 6. The lowest BCUT2D eigenvalue weighted by atomic mass is 9.93. The number of hydrogen-bond donors (Lipinski definition) is 1. The van der Waals surface area contributed by atoms with Crippen LogP contribution < -0.4 is 10.2 Å². The molecule has 31 heavy (non-hydrogen) atoms. The number of rotatable bonds is 6. The van der Waals surface area contributed by atoms with Gasteiger partial charge in [0.2, 0.25) is 0 Å². The van der Waals surface area contributed by atoms with Gasteiger partial charge < -0.3 is 19.9 Å². The molecule has 3 fully saturated rings. The molecule has 0 radical (unpaired) electrons. The van der Waals surface area contributed by atoms with E-state index in [0.29, 0.717) is 11.8 Å². The van der Waals surface area contributed by atoms with Crippen molar-refractivity contribution in [2.75, 3.05) is 37.6 Å². The Labute approximate surface area is 184 Å². The van der Waals surface area contributed by atoms with Crippen molar-refractivity contribution in [1.29, 1.82) is 0 Å². The predicted octanol–water partition coefficient (Wildman–Crippen LogP) is 3.66. The van der Waals surface area contributed by atoms with Crippen molar-refractivity contribution < 1.29 is 14.5 Å². The summed E-state index contributed by atoms with van der Waals surface area (Å²) in [6, 6.07) is 7.18. The molecule has 2 heterocycles. The summed E-state index contributed by atoms with van der Waals surface area (Å²) < 4.78 is 5.37. The zero-order chi connectivity index (χ0) is 22.2. The zero-order valence-electron chi connectivity index (χ0n) is 18.8. The molecule has 1 aliphatic carbocycles. The van der Waals surface area contributed by atoms with Crippen molar-refractivity contribution in [2.45, 2.75) is 51.7 Å². The molecular formula is C23H34N4O4. The number of likely N-dealkylation sites (tertiary alicyclic amines) is 1. The van der Waals surface area contributed by atoms with E-state index in [-0.39, 0.29) is 22.7 Å². The lowest BCUT2D eigenvalue weighted by Crippen LogP contribution is -2.39. The Hall–Kier alpha value is -2.35. The second-order valence-electron chi connectivity index (χ2n) is 10.3. The van der Waals surface area contributed by atoms with Gasteiger partial charge in [-0.05, 0) is 76.5 Å². The number of nitrogens with zero attached hydrogens (tertiary/aromatic N) is 3. The van der Waals surface area contributed by atoms with Crippen LogP contribution in [0, 0.1) is 27.9 Å². The number of nitro benzene ring substituents is 1. The SMILES string of the molecule is CC(C)(C)OC(=O)NC1C2CN(CCC3CCN(c4ccc([N+](=O)[O-])cc4)CC3)CC21. The highest BCUT2D eigenvalue weighted by atomic mass is 16.6. The van der Waals surface area contributed by atoms with Gasteiger partial charge >= 0.3 is 6.09 Å². The first kappa shape index (κ1) is 21.9. The van der Waals surface area contributed by atoms with Gasteiger partial charge in [0.1, 0.15) is 5.60 Å². The third-order valence-corrected chi connectivity index (χ3v) is 6.85. The van der Waals surface area contributed by atoms with E-state index in [2.05, 4.69) is 15.1 Å². The maximum absolute atomic E-state index is 11.9. The molecule has 0 bridgehead atoms. The normalized spacial score (nSPS) is 26.4. The number of nitrogens with one attached hydrogen (secondary N) is 1. The van der Waals surface area contributed by atoms with Crippen molar-refractivity contribution >= 4 is 17.5 Å². The number of fused-ring (bicyclic) bond motifs is 1. The average Bonchev–Trinajstić information content (AvgIpc) is 3.15. The number of amides is 1. The minimum absolute atomic E-state index is 0.144. The number of anilines is 1. The van der Waals surface area contributed by atoms with Crippen LogP contribution in [0.5, 0.6) is 0 Å². The maximum atomic E-state index is 11.9. The quantitative estimate of drug-likeness (QED) is 0.547. The Balaban J connectivity index is 1.13. The molecule has 2 aliphatic heterocycles. The minimum atomic E-state index is -0.450. The molecule has 1 amide bonds. The van der Waals surface area contributed by atoms with Crippen LogP contribution in [-0.2, 0) is 4.74 Å². The van der Waals surface area contributed by atoms with Gasteiger partial charge in [0.05, 0.1) is 4.92 Å². The molecule has 1 aromatic rings. The minimum Gasteiger partial charge on any atom is -0.444 e. The predicted molar refractivity (Wildman–Crippen MR) is 119 cm³/mol. The second kappa shape index (κ2) is 8.65. The third kappa shape index (κ3) is 5.47. The summed E-state index contributed by atoms with van der Waals surface area (Å²) in [5.41, 5.74) is 0.770. The molecule has 0 spiro atoms. The van der Waals surface area contributed by atoms with Crippen molar-refractivity contribution in [1.82, 2.24) is 10.2 Å². The molecule has 2 unspecified atom stereocenters. The number of non-ortho nitro benzene ring substituents is 1. The first-order chi connectivity index (χ1) is 14.7. The van der Waals surface area contributed by atoms with E-state index in [1.807, 2.05) is 32.9 Å². The van der Waals surface area contributed by atoms with Gasteiger partial charge in [-0.25, -0.2) is 4.79 Å². The number of piperidine rings is 2. The van der Waals surface area contributed by atoms with E-state index >= 15 is 0 Å². The van der Waals surface area contributed by atoms with Gasteiger partial charge in [-0.1, -0.05) is 0 Å². The van der Waals surface area contributed by atoms with Crippen molar-refractivity contribution in [3.63, 3.8) is 0 Å². The number of ether oxygens (including phenoxy) is 1. The number of carbonyl (C=O) groups is 1. The molecule has 170 valence electrons. The van der Waals surface area contributed by atoms with Crippen LogP contribution in [0.25, 0.3) is 0 Å². The second-order valence-corrected chi connectivity index (χ2v) is 10.3. The molecular weight excluding hydrogens is 396 g/mol. The van der Waals surface area contributed by atoms with Gasteiger partial charge in [0.25, 0.3) is 5.69 Å². The van der Waals surface area contributed by atoms with E-state index in [4.69, 9.17) is 4.74 Å². The van der Waals surface area contributed by atoms with Crippen LogP contribution in [0.1, 0.15) is 40.0 Å². The first-order valence-corrected chi connectivity index (χ1v) is 11.4. The highest BCUT2D eigenvalue weighted by molar-refractivity contribution is 5.68. The van der Waals surface area contributed by atoms with Gasteiger partial charge in [-0.3, -0.25) is 10.1 Å². The Bertz CT molecular complexity index is 787. The summed E-state index contributed by atoms with van der Waals surface area (Å²) in [6.45, 7) is 11.0. The summed E-state index contributed by atoms with van der Waals surface area (Å²) >= 11 is 0. The largest absolute Gasteiger partial charge is 0.444 e. The lowest BCUT2D eigenvalue weighted by Gasteiger charge is -2.34. The first-order valence-electron chi connectivity index (χ1n) is 11.4. The third-order valence-electron chi connectivity index (χ3n) is 6.85. The van der Waals surface area contributed by atoms with Crippen molar-refractivity contribution in [2.24, 2.45) is 17.8 Å². The van der Waals surface area contributed by atoms with Crippen LogP contribution in [0.4, 0.5) is 16.2 Å². The molecule has 8 nitrogen and oxygen atoms in total. The van der Waals surface area contributed by atoms with E-state index in [1.165, 1.54) is 19.3 Å². The summed E-state index contributed by atoms with van der Waals surface area (Å²) in [5.74, 6) is 1.90. The summed E-state index contributed by atoms with van der Waals surface area (Å²) in [6.07, 6.45) is 3.26.